The highest BCUT2D eigenvalue weighted by Gasteiger charge is 2.14. The molecule has 3 rings (SSSR count). The molecule has 1 aliphatic heterocycles. The van der Waals surface area contributed by atoms with Gasteiger partial charge in [0.15, 0.2) is 0 Å². The minimum absolute atomic E-state index is 0.282. The van der Waals surface area contributed by atoms with Crippen LogP contribution in [0.25, 0.3) is 5.69 Å². The van der Waals surface area contributed by atoms with Crippen LogP contribution in [0.5, 0.6) is 0 Å². The summed E-state index contributed by atoms with van der Waals surface area (Å²) in [6.07, 6.45) is 5.40. The number of benzene rings is 1. The third kappa shape index (κ3) is 3.14. The molecule has 4 nitrogen and oxygen atoms in total. The van der Waals surface area contributed by atoms with Gasteiger partial charge in [-0.05, 0) is 50.5 Å². The van der Waals surface area contributed by atoms with Crippen LogP contribution in [0.3, 0.4) is 0 Å². The van der Waals surface area contributed by atoms with Crippen LogP contribution in [0, 0.1) is 12.7 Å². The first-order valence-electron chi connectivity index (χ1n) is 7.45. The molecule has 6 heteroatoms. The summed E-state index contributed by atoms with van der Waals surface area (Å²) in [5.41, 5.74) is 2.33. The molecule has 1 aliphatic rings. The lowest BCUT2D eigenvalue weighted by Gasteiger charge is -2.23. The van der Waals surface area contributed by atoms with Gasteiger partial charge >= 0.3 is 0 Å². The summed E-state index contributed by atoms with van der Waals surface area (Å²) in [5, 5.41) is 11.5. The molecule has 0 bridgehead atoms. The van der Waals surface area contributed by atoms with Crippen LogP contribution < -0.4 is 0 Å². The Morgan fingerprint density at radius 1 is 1.18 bits per heavy atom. The van der Waals surface area contributed by atoms with Crippen LogP contribution in [0.4, 0.5) is 4.39 Å². The minimum Gasteiger partial charge on any atom is -0.297 e. The number of hydrazone groups is 1. The zero-order valence-electron chi connectivity index (χ0n) is 12.5. The van der Waals surface area contributed by atoms with Crippen molar-refractivity contribution in [3.63, 3.8) is 0 Å². The summed E-state index contributed by atoms with van der Waals surface area (Å²) < 4.78 is 14.6. The van der Waals surface area contributed by atoms with E-state index in [-0.39, 0.29) is 5.82 Å². The first-order chi connectivity index (χ1) is 10.6. The van der Waals surface area contributed by atoms with E-state index in [1.807, 2.05) is 6.92 Å². The molecule has 116 valence electrons. The highest BCUT2D eigenvalue weighted by atomic mass is 35.5. The molecular formula is C16H18ClFN4. The van der Waals surface area contributed by atoms with Crippen molar-refractivity contribution in [3.05, 3.63) is 46.5 Å². The van der Waals surface area contributed by atoms with E-state index in [2.05, 4.69) is 15.2 Å². The number of aryl methyl sites for hydroxylation is 1. The predicted molar refractivity (Wildman–Crippen MR) is 86.3 cm³/mol. The van der Waals surface area contributed by atoms with Gasteiger partial charge < -0.3 is 0 Å². The zero-order valence-corrected chi connectivity index (χ0v) is 13.2. The van der Waals surface area contributed by atoms with Crippen LogP contribution in [0.15, 0.2) is 29.4 Å². The van der Waals surface area contributed by atoms with Gasteiger partial charge in [0.25, 0.3) is 0 Å². The fourth-order valence-electron chi connectivity index (χ4n) is 2.54. The number of rotatable bonds is 3. The van der Waals surface area contributed by atoms with Crippen LogP contribution in [0.1, 0.15) is 30.5 Å². The summed E-state index contributed by atoms with van der Waals surface area (Å²) in [6.45, 7) is 3.86. The van der Waals surface area contributed by atoms with Gasteiger partial charge in [0.2, 0.25) is 0 Å². The summed E-state index contributed by atoms with van der Waals surface area (Å²) in [5.74, 6) is -0.282. The topological polar surface area (TPSA) is 33.4 Å². The SMILES string of the molecule is Cc1nn(-c2ccc(F)cc2)c(Cl)c1/C=N/N1CCCCC1. The molecule has 1 saturated heterocycles. The average molecular weight is 321 g/mol. The third-order valence-corrected chi connectivity index (χ3v) is 4.17. The van der Waals surface area contributed by atoms with E-state index in [9.17, 15) is 4.39 Å². The molecule has 1 fully saturated rings. The standard InChI is InChI=1S/C16H18ClFN4/c1-12-15(11-19-21-9-3-2-4-10-21)16(17)22(20-12)14-7-5-13(18)6-8-14/h5-8,11H,2-4,9-10H2,1H3/b19-11+. The lowest BCUT2D eigenvalue weighted by molar-refractivity contribution is 0.240. The molecule has 0 N–H and O–H groups in total. The Morgan fingerprint density at radius 3 is 2.55 bits per heavy atom. The maximum absolute atomic E-state index is 13.0. The van der Waals surface area contributed by atoms with Crippen LogP contribution in [-0.4, -0.2) is 34.1 Å². The molecule has 0 atom stereocenters. The number of nitrogens with zero attached hydrogens (tertiary/aromatic N) is 4. The molecule has 1 aromatic heterocycles. The van der Waals surface area contributed by atoms with Crippen molar-refractivity contribution in [1.82, 2.24) is 14.8 Å². The number of hydrogen-bond donors (Lipinski definition) is 0. The monoisotopic (exact) mass is 320 g/mol. The van der Waals surface area contributed by atoms with Crippen molar-refractivity contribution in [2.45, 2.75) is 26.2 Å². The minimum atomic E-state index is -0.282. The Kier molecular flexibility index (Phi) is 4.43. The Bertz CT molecular complexity index is 672. The second kappa shape index (κ2) is 6.48. The number of hydrogen-bond acceptors (Lipinski definition) is 3. The molecule has 2 heterocycles. The molecule has 22 heavy (non-hydrogen) atoms. The van der Waals surface area contributed by atoms with Gasteiger partial charge in [0.1, 0.15) is 11.0 Å². The second-order valence-corrected chi connectivity index (χ2v) is 5.80. The zero-order chi connectivity index (χ0) is 15.5. The lowest BCUT2D eigenvalue weighted by Crippen LogP contribution is -2.24. The Balaban J connectivity index is 1.86. The molecule has 0 aliphatic carbocycles. The number of halogens is 2. The fourth-order valence-corrected chi connectivity index (χ4v) is 2.86. The summed E-state index contributed by atoms with van der Waals surface area (Å²) in [6, 6.07) is 6.09. The largest absolute Gasteiger partial charge is 0.297 e. The van der Waals surface area contributed by atoms with E-state index in [0.717, 1.165) is 30.0 Å². The van der Waals surface area contributed by atoms with Crippen molar-refractivity contribution in [1.29, 1.82) is 0 Å². The van der Waals surface area contributed by atoms with Crippen LogP contribution >= 0.6 is 11.6 Å². The molecule has 0 unspecified atom stereocenters. The van der Waals surface area contributed by atoms with Crippen molar-refractivity contribution in [2.75, 3.05) is 13.1 Å². The molecule has 0 spiro atoms. The Morgan fingerprint density at radius 2 is 1.86 bits per heavy atom. The van der Waals surface area contributed by atoms with Gasteiger partial charge in [-0.1, -0.05) is 11.6 Å². The van der Waals surface area contributed by atoms with E-state index < -0.39 is 0 Å². The highest BCUT2D eigenvalue weighted by Crippen LogP contribution is 2.22. The van der Waals surface area contributed by atoms with Crippen molar-refractivity contribution < 1.29 is 4.39 Å². The molecular weight excluding hydrogens is 303 g/mol. The molecule has 0 radical (unpaired) electrons. The van der Waals surface area contributed by atoms with E-state index >= 15 is 0 Å². The van der Waals surface area contributed by atoms with Gasteiger partial charge in [-0.2, -0.15) is 10.2 Å². The normalized spacial score (nSPS) is 15.7. The first-order valence-corrected chi connectivity index (χ1v) is 7.83. The van der Waals surface area contributed by atoms with Gasteiger partial charge in [-0.15, -0.1) is 0 Å². The number of piperidine rings is 1. The molecule has 0 saturated carbocycles. The van der Waals surface area contributed by atoms with E-state index in [1.54, 1.807) is 23.0 Å². The first kappa shape index (κ1) is 15.0. The Labute approximate surface area is 134 Å². The van der Waals surface area contributed by atoms with Gasteiger partial charge in [0, 0.05) is 13.1 Å². The Hall–Kier alpha value is -1.88. The quantitative estimate of drug-likeness (QED) is 0.806. The van der Waals surface area contributed by atoms with E-state index in [0.29, 0.717) is 5.15 Å². The summed E-state index contributed by atoms with van der Waals surface area (Å²) in [7, 11) is 0. The number of aromatic nitrogens is 2. The van der Waals surface area contributed by atoms with Crippen molar-refractivity contribution in [3.8, 4) is 5.69 Å². The highest BCUT2D eigenvalue weighted by molar-refractivity contribution is 6.32. The smallest absolute Gasteiger partial charge is 0.142 e. The van der Waals surface area contributed by atoms with Crippen molar-refractivity contribution in [2.24, 2.45) is 5.10 Å². The van der Waals surface area contributed by atoms with E-state index in [4.69, 9.17) is 11.6 Å². The lowest BCUT2D eigenvalue weighted by atomic mass is 10.2. The van der Waals surface area contributed by atoms with Crippen LogP contribution in [-0.2, 0) is 0 Å². The molecule has 2 aromatic rings. The summed E-state index contributed by atoms with van der Waals surface area (Å²) >= 11 is 6.42. The molecule has 0 amide bonds. The van der Waals surface area contributed by atoms with Gasteiger partial charge in [0.05, 0.1) is 23.2 Å². The van der Waals surface area contributed by atoms with Gasteiger partial charge in [-0.3, -0.25) is 5.01 Å². The third-order valence-electron chi connectivity index (χ3n) is 3.80. The van der Waals surface area contributed by atoms with Crippen molar-refractivity contribution >= 4 is 17.8 Å². The average Bonchev–Trinajstić information content (AvgIpc) is 2.82. The molecule has 1 aromatic carbocycles. The maximum Gasteiger partial charge on any atom is 0.142 e. The maximum atomic E-state index is 13.0. The fraction of sp³-hybridized carbons (Fsp3) is 0.375. The van der Waals surface area contributed by atoms with Crippen LogP contribution in [0.2, 0.25) is 5.15 Å². The second-order valence-electron chi connectivity index (χ2n) is 5.44. The van der Waals surface area contributed by atoms with Gasteiger partial charge in [-0.25, -0.2) is 9.07 Å². The van der Waals surface area contributed by atoms with E-state index in [1.165, 1.54) is 31.4 Å². The predicted octanol–water partition coefficient (Wildman–Crippen LogP) is 3.79. The summed E-state index contributed by atoms with van der Waals surface area (Å²) in [4.78, 5) is 0.